The van der Waals surface area contributed by atoms with Crippen LogP contribution in [0.1, 0.15) is 34.5 Å². The van der Waals surface area contributed by atoms with Gasteiger partial charge in [-0.25, -0.2) is 0 Å². The fourth-order valence-electron chi connectivity index (χ4n) is 4.59. The van der Waals surface area contributed by atoms with Crippen LogP contribution in [0.25, 0.3) is 11.3 Å². The smallest absolute Gasteiger partial charge is 0.276 e. The summed E-state index contributed by atoms with van der Waals surface area (Å²) in [5.41, 5.74) is 3.35. The van der Waals surface area contributed by atoms with E-state index in [9.17, 15) is 4.79 Å². The molecule has 1 spiro atoms. The quantitative estimate of drug-likeness (QED) is 0.648. The zero-order valence-corrected chi connectivity index (χ0v) is 16.3. The number of rotatable bonds is 2. The molecule has 0 bridgehead atoms. The van der Waals surface area contributed by atoms with Gasteiger partial charge in [0.05, 0.1) is 12.2 Å². The summed E-state index contributed by atoms with van der Waals surface area (Å²) in [5.74, 6) is 1.77. The summed E-state index contributed by atoms with van der Waals surface area (Å²) in [6.07, 6.45) is 1.56. The minimum atomic E-state index is -0.269. The second kappa shape index (κ2) is 6.60. The number of carbonyl (C=O) groups excluding carboxylic acids is 1. The van der Waals surface area contributed by atoms with Gasteiger partial charge in [-0.15, -0.1) is 0 Å². The lowest BCUT2D eigenvalue weighted by atomic mass is 9.84. The van der Waals surface area contributed by atoms with Crippen LogP contribution < -0.4 is 9.47 Å². The number of nitrogens with zero attached hydrogens (tertiary/aromatic N) is 2. The Balaban J connectivity index is 1.18. The molecule has 0 unspecified atom stereocenters. The third kappa shape index (κ3) is 2.69. The molecule has 0 aliphatic carbocycles. The SMILES string of the molecule is O=C(c1cc(-c2ccc3c(c2)OCO3)on1)N1CCC2(CC1)OCc1ccccc12. The van der Waals surface area contributed by atoms with Crippen LogP contribution in [0.2, 0.25) is 0 Å². The van der Waals surface area contributed by atoms with Crippen LogP contribution in [-0.2, 0) is 16.9 Å². The largest absolute Gasteiger partial charge is 0.454 e. The van der Waals surface area contributed by atoms with Gasteiger partial charge in [-0.05, 0) is 42.2 Å². The molecule has 1 aromatic heterocycles. The molecule has 1 saturated heterocycles. The number of amides is 1. The molecule has 2 aromatic carbocycles. The fourth-order valence-corrected chi connectivity index (χ4v) is 4.59. The first-order valence-corrected chi connectivity index (χ1v) is 10.1. The molecule has 30 heavy (non-hydrogen) atoms. The summed E-state index contributed by atoms with van der Waals surface area (Å²) in [4.78, 5) is 14.8. The average molecular weight is 404 g/mol. The third-order valence-corrected chi connectivity index (χ3v) is 6.26. The summed E-state index contributed by atoms with van der Waals surface area (Å²) >= 11 is 0. The van der Waals surface area contributed by atoms with E-state index in [0.717, 1.165) is 18.4 Å². The van der Waals surface area contributed by atoms with Crippen molar-refractivity contribution < 1.29 is 23.5 Å². The predicted octanol–water partition coefficient (Wildman–Crippen LogP) is 3.73. The van der Waals surface area contributed by atoms with E-state index in [2.05, 4.69) is 23.4 Å². The second-order valence-corrected chi connectivity index (χ2v) is 7.88. The van der Waals surface area contributed by atoms with Crippen molar-refractivity contribution in [2.75, 3.05) is 19.9 Å². The number of hydrogen-bond acceptors (Lipinski definition) is 6. The topological polar surface area (TPSA) is 74.0 Å². The van der Waals surface area contributed by atoms with E-state index in [1.54, 1.807) is 6.07 Å². The Morgan fingerprint density at radius 2 is 1.83 bits per heavy atom. The number of piperidine rings is 1. The van der Waals surface area contributed by atoms with Crippen LogP contribution in [0.4, 0.5) is 0 Å². The maximum Gasteiger partial charge on any atom is 0.276 e. The van der Waals surface area contributed by atoms with E-state index in [4.69, 9.17) is 18.7 Å². The molecule has 6 rings (SSSR count). The van der Waals surface area contributed by atoms with Crippen molar-refractivity contribution in [1.29, 1.82) is 0 Å². The lowest BCUT2D eigenvalue weighted by Gasteiger charge is -2.39. The zero-order chi connectivity index (χ0) is 20.1. The van der Waals surface area contributed by atoms with Crippen molar-refractivity contribution in [3.63, 3.8) is 0 Å². The van der Waals surface area contributed by atoms with E-state index in [1.807, 2.05) is 29.2 Å². The van der Waals surface area contributed by atoms with Gasteiger partial charge >= 0.3 is 0 Å². The number of benzene rings is 2. The number of likely N-dealkylation sites (tertiary alicyclic amines) is 1. The van der Waals surface area contributed by atoms with Crippen molar-refractivity contribution >= 4 is 5.91 Å². The number of aromatic nitrogens is 1. The molecule has 7 heteroatoms. The normalized spacial score (nSPS) is 18.6. The molecule has 0 radical (unpaired) electrons. The zero-order valence-electron chi connectivity index (χ0n) is 16.3. The van der Waals surface area contributed by atoms with Crippen LogP contribution >= 0.6 is 0 Å². The predicted molar refractivity (Wildman–Crippen MR) is 106 cm³/mol. The van der Waals surface area contributed by atoms with Crippen LogP contribution in [0.15, 0.2) is 53.1 Å². The maximum atomic E-state index is 13.0. The summed E-state index contributed by atoms with van der Waals surface area (Å²) in [6, 6.07) is 15.6. The highest BCUT2D eigenvalue weighted by atomic mass is 16.7. The Morgan fingerprint density at radius 1 is 1.00 bits per heavy atom. The molecule has 1 fully saturated rings. The summed E-state index contributed by atoms with van der Waals surface area (Å²) in [5, 5.41) is 4.02. The number of fused-ring (bicyclic) bond motifs is 3. The minimum Gasteiger partial charge on any atom is -0.454 e. The Morgan fingerprint density at radius 3 is 2.73 bits per heavy atom. The van der Waals surface area contributed by atoms with Gasteiger partial charge in [0.15, 0.2) is 23.0 Å². The van der Waals surface area contributed by atoms with Crippen molar-refractivity contribution in [2.24, 2.45) is 0 Å². The van der Waals surface area contributed by atoms with Crippen molar-refractivity contribution in [3.8, 4) is 22.8 Å². The number of carbonyl (C=O) groups is 1. The Kier molecular flexibility index (Phi) is 3.86. The molecular weight excluding hydrogens is 384 g/mol. The average Bonchev–Trinajstić information content (AvgIpc) is 3.53. The highest BCUT2D eigenvalue weighted by Crippen LogP contribution is 2.44. The van der Waals surface area contributed by atoms with Crippen molar-refractivity contribution in [1.82, 2.24) is 10.1 Å². The van der Waals surface area contributed by atoms with E-state index >= 15 is 0 Å². The minimum absolute atomic E-state index is 0.119. The molecule has 152 valence electrons. The van der Waals surface area contributed by atoms with Gasteiger partial charge < -0.3 is 23.6 Å². The van der Waals surface area contributed by atoms with Gasteiger partial charge in [0, 0.05) is 24.7 Å². The van der Waals surface area contributed by atoms with Gasteiger partial charge in [0.25, 0.3) is 5.91 Å². The van der Waals surface area contributed by atoms with E-state index in [-0.39, 0.29) is 18.3 Å². The van der Waals surface area contributed by atoms with Crippen molar-refractivity contribution in [3.05, 3.63) is 65.4 Å². The van der Waals surface area contributed by atoms with Crippen LogP contribution in [0.5, 0.6) is 11.5 Å². The summed E-state index contributed by atoms with van der Waals surface area (Å²) in [6.45, 7) is 2.11. The van der Waals surface area contributed by atoms with Gasteiger partial charge in [-0.2, -0.15) is 0 Å². The Bertz CT molecular complexity index is 1130. The number of hydrogen-bond donors (Lipinski definition) is 0. The Labute approximate surface area is 173 Å². The lowest BCUT2D eigenvalue weighted by Crippen LogP contribution is -2.45. The lowest BCUT2D eigenvalue weighted by molar-refractivity contribution is -0.0742. The molecule has 0 saturated carbocycles. The van der Waals surface area contributed by atoms with Crippen LogP contribution in [-0.4, -0.2) is 35.8 Å². The molecule has 3 aromatic rings. The second-order valence-electron chi connectivity index (χ2n) is 7.88. The molecule has 3 aliphatic heterocycles. The first kappa shape index (κ1) is 17.5. The van der Waals surface area contributed by atoms with Crippen molar-refractivity contribution in [2.45, 2.75) is 25.0 Å². The highest BCUT2D eigenvalue weighted by molar-refractivity contribution is 5.93. The molecule has 7 nitrogen and oxygen atoms in total. The molecule has 4 heterocycles. The molecular formula is C23H20N2O5. The summed E-state index contributed by atoms with van der Waals surface area (Å²) < 4.78 is 22.4. The third-order valence-electron chi connectivity index (χ3n) is 6.26. The van der Waals surface area contributed by atoms with Gasteiger partial charge in [-0.3, -0.25) is 4.79 Å². The monoisotopic (exact) mass is 404 g/mol. The van der Waals surface area contributed by atoms with E-state index in [0.29, 0.717) is 42.6 Å². The van der Waals surface area contributed by atoms with Gasteiger partial charge in [0.2, 0.25) is 6.79 Å². The van der Waals surface area contributed by atoms with Gasteiger partial charge in [0.1, 0.15) is 0 Å². The molecule has 0 atom stereocenters. The highest BCUT2D eigenvalue weighted by Gasteiger charge is 2.43. The maximum absolute atomic E-state index is 13.0. The van der Waals surface area contributed by atoms with E-state index < -0.39 is 0 Å². The standard InChI is InChI=1S/C23H20N2O5/c26-22(18-12-20(30-24-18)15-5-6-19-21(11-15)28-14-27-19)25-9-7-23(8-10-25)17-4-2-1-3-16(17)13-29-23/h1-6,11-12H,7-10,13-14H2. The number of ether oxygens (including phenoxy) is 3. The van der Waals surface area contributed by atoms with Gasteiger partial charge in [-0.1, -0.05) is 29.4 Å². The first-order chi connectivity index (χ1) is 14.7. The fraction of sp³-hybridized carbons (Fsp3) is 0.304. The molecule has 1 amide bonds. The Hall–Kier alpha value is -3.32. The van der Waals surface area contributed by atoms with E-state index in [1.165, 1.54) is 11.1 Å². The molecule has 0 N–H and O–H groups in total. The summed E-state index contributed by atoms with van der Waals surface area (Å²) in [7, 11) is 0. The first-order valence-electron chi connectivity index (χ1n) is 10.1. The van der Waals surface area contributed by atoms with Crippen LogP contribution in [0, 0.1) is 0 Å². The molecule has 3 aliphatic rings. The van der Waals surface area contributed by atoms with Crippen LogP contribution in [0.3, 0.4) is 0 Å².